The minimum Gasteiger partial charge on any atom is -0.455 e. The highest BCUT2D eigenvalue weighted by Crippen LogP contribution is 2.29. The van der Waals surface area contributed by atoms with E-state index in [0.717, 1.165) is 17.5 Å². The number of benzene rings is 2. The average Bonchev–Trinajstić information content (AvgIpc) is 3.19. The molecule has 0 saturated carbocycles. The minimum atomic E-state index is -0.570. The van der Waals surface area contributed by atoms with E-state index in [1.165, 1.54) is 0 Å². The molecule has 0 bridgehead atoms. The van der Waals surface area contributed by atoms with Crippen molar-refractivity contribution in [3.8, 4) is 0 Å². The van der Waals surface area contributed by atoms with Crippen LogP contribution in [0.5, 0.6) is 0 Å². The number of aryl methyl sites for hydroxylation is 1. The first kappa shape index (κ1) is 23.4. The van der Waals surface area contributed by atoms with Gasteiger partial charge in [-0.1, -0.05) is 42.5 Å². The molecule has 8 nitrogen and oxygen atoms in total. The number of halogens is 1. The van der Waals surface area contributed by atoms with Crippen molar-refractivity contribution < 1.29 is 18.8 Å². The van der Waals surface area contributed by atoms with Crippen LogP contribution in [0.1, 0.15) is 56.2 Å². The Morgan fingerprint density at radius 2 is 1.68 bits per heavy atom. The van der Waals surface area contributed by atoms with Gasteiger partial charge in [0, 0.05) is 22.0 Å². The maximum atomic E-state index is 12.7. The molecule has 3 amide bonds. The Bertz CT molecular complexity index is 1270. The summed E-state index contributed by atoms with van der Waals surface area (Å²) in [6.45, 7) is 1.76. The molecule has 174 valence electrons. The fourth-order valence-electron chi connectivity index (χ4n) is 3.83. The molecule has 1 aromatic heterocycles. The summed E-state index contributed by atoms with van der Waals surface area (Å²) in [7, 11) is 0. The topological polar surface area (TPSA) is 113 Å². The summed E-state index contributed by atoms with van der Waals surface area (Å²) in [5.74, 6) is -0.512. The molecule has 1 aliphatic carbocycles. The molecule has 3 aromatic rings. The number of carbonyl (C=O) groups is 3. The molecule has 1 heterocycles. The number of hydrazone groups is 1. The number of nitrogens with zero attached hydrogens (tertiary/aromatic N) is 1. The van der Waals surface area contributed by atoms with Crippen LogP contribution in [0.2, 0.25) is 0 Å². The number of hydrogen-bond donors (Lipinski definition) is 3. The van der Waals surface area contributed by atoms with E-state index in [9.17, 15) is 14.4 Å². The van der Waals surface area contributed by atoms with E-state index in [1.54, 1.807) is 31.2 Å². The Morgan fingerprint density at radius 3 is 2.44 bits per heavy atom. The smallest absolute Gasteiger partial charge is 0.305 e. The van der Waals surface area contributed by atoms with E-state index in [2.05, 4.69) is 37.3 Å². The average molecular weight is 523 g/mol. The van der Waals surface area contributed by atoms with Crippen LogP contribution in [0.15, 0.2) is 68.6 Å². The summed E-state index contributed by atoms with van der Waals surface area (Å²) in [4.78, 5) is 37.4. The Balaban J connectivity index is 1.45. The van der Waals surface area contributed by atoms with Crippen LogP contribution in [-0.2, 0) is 17.6 Å². The quantitative estimate of drug-likeness (QED) is 0.442. The Labute approximate surface area is 204 Å². The number of furan rings is 1. The lowest BCUT2D eigenvalue weighted by Gasteiger charge is -2.13. The highest BCUT2D eigenvalue weighted by molar-refractivity contribution is 9.10. The fraction of sp³-hybridized carbons (Fsp3) is 0.200. The standard InChI is InChI=1S/C25H23BrN4O4/c1-15-22-19(27-28-21(31)14-16-8-3-2-4-9-16)12-7-13-20(22)34-23(15)25(33)30-29-24(32)17-10-5-6-11-18(17)26/h2-6,8-11H,7,12-14H2,1H3,(H,28,31)(H,29,32)(H,30,33)/b27-19+. The maximum Gasteiger partial charge on any atom is 0.305 e. The lowest BCUT2D eigenvalue weighted by atomic mass is 9.93. The zero-order chi connectivity index (χ0) is 24.1. The minimum absolute atomic E-state index is 0.0997. The molecule has 0 spiro atoms. The van der Waals surface area contributed by atoms with Gasteiger partial charge >= 0.3 is 5.91 Å². The second-order valence-electron chi connectivity index (χ2n) is 7.85. The summed E-state index contributed by atoms with van der Waals surface area (Å²) in [6.07, 6.45) is 2.31. The molecule has 3 N–H and O–H groups in total. The van der Waals surface area contributed by atoms with Crippen molar-refractivity contribution in [2.45, 2.75) is 32.6 Å². The third-order valence-corrected chi connectivity index (χ3v) is 6.15. The molecule has 0 radical (unpaired) electrons. The largest absolute Gasteiger partial charge is 0.455 e. The third kappa shape index (κ3) is 5.26. The molecular formula is C25H23BrN4O4. The van der Waals surface area contributed by atoms with Crippen molar-refractivity contribution in [1.29, 1.82) is 0 Å². The highest BCUT2D eigenvalue weighted by Gasteiger charge is 2.28. The normalized spacial score (nSPS) is 13.8. The summed E-state index contributed by atoms with van der Waals surface area (Å²) in [5, 5.41) is 4.33. The fourth-order valence-corrected chi connectivity index (χ4v) is 4.30. The van der Waals surface area contributed by atoms with Gasteiger partial charge in [0.2, 0.25) is 5.91 Å². The number of hydrazine groups is 1. The predicted molar refractivity (Wildman–Crippen MR) is 130 cm³/mol. The lowest BCUT2D eigenvalue weighted by Crippen LogP contribution is -2.41. The van der Waals surface area contributed by atoms with Crippen molar-refractivity contribution in [2.24, 2.45) is 5.10 Å². The summed E-state index contributed by atoms with van der Waals surface area (Å²) in [6, 6.07) is 16.3. The van der Waals surface area contributed by atoms with Crippen LogP contribution in [0.25, 0.3) is 0 Å². The van der Waals surface area contributed by atoms with Crippen LogP contribution in [-0.4, -0.2) is 23.4 Å². The van der Waals surface area contributed by atoms with Crippen molar-refractivity contribution in [1.82, 2.24) is 16.3 Å². The monoisotopic (exact) mass is 522 g/mol. The molecule has 0 atom stereocenters. The molecule has 34 heavy (non-hydrogen) atoms. The first-order chi connectivity index (χ1) is 16.4. The molecule has 0 fully saturated rings. The van der Waals surface area contributed by atoms with Gasteiger partial charge in [-0.2, -0.15) is 5.10 Å². The number of rotatable bonds is 5. The predicted octanol–water partition coefficient (Wildman–Crippen LogP) is 3.82. The van der Waals surface area contributed by atoms with E-state index in [-0.39, 0.29) is 18.1 Å². The van der Waals surface area contributed by atoms with Gasteiger partial charge in [-0.15, -0.1) is 0 Å². The van der Waals surface area contributed by atoms with Crippen molar-refractivity contribution in [3.63, 3.8) is 0 Å². The van der Waals surface area contributed by atoms with Gasteiger partial charge in [-0.05, 0) is 53.4 Å². The van der Waals surface area contributed by atoms with E-state index in [0.29, 0.717) is 39.9 Å². The summed E-state index contributed by atoms with van der Waals surface area (Å²) >= 11 is 3.31. The zero-order valence-electron chi connectivity index (χ0n) is 18.5. The molecule has 4 rings (SSSR count). The van der Waals surface area contributed by atoms with Gasteiger partial charge in [0.1, 0.15) is 5.76 Å². The number of amides is 3. The SMILES string of the molecule is Cc1c(C(=O)NNC(=O)c2ccccc2Br)oc2c1/C(=N/NC(=O)Cc1ccccc1)CCC2. The third-order valence-electron chi connectivity index (χ3n) is 5.46. The Morgan fingerprint density at radius 1 is 0.971 bits per heavy atom. The molecule has 2 aromatic carbocycles. The van der Waals surface area contributed by atoms with Crippen LogP contribution in [0.4, 0.5) is 0 Å². The number of hydrogen-bond acceptors (Lipinski definition) is 5. The van der Waals surface area contributed by atoms with Crippen molar-refractivity contribution in [3.05, 3.63) is 92.8 Å². The van der Waals surface area contributed by atoms with E-state index in [4.69, 9.17) is 4.42 Å². The van der Waals surface area contributed by atoms with Gasteiger partial charge in [0.25, 0.3) is 5.91 Å². The molecule has 9 heteroatoms. The second-order valence-corrected chi connectivity index (χ2v) is 8.71. The van der Waals surface area contributed by atoms with Gasteiger partial charge in [0.15, 0.2) is 5.76 Å². The number of nitrogens with one attached hydrogen (secondary N) is 3. The van der Waals surface area contributed by atoms with Gasteiger partial charge in [-0.25, -0.2) is 5.43 Å². The highest BCUT2D eigenvalue weighted by atomic mass is 79.9. The number of fused-ring (bicyclic) bond motifs is 1. The summed E-state index contributed by atoms with van der Waals surface area (Å²) in [5.41, 5.74) is 10.7. The van der Waals surface area contributed by atoms with E-state index in [1.807, 2.05) is 30.3 Å². The van der Waals surface area contributed by atoms with Gasteiger partial charge in [0.05, 0.1) is 17.7 Å². The molecule has 0 saturated heterocycles. The van der Waals surface area contributed by atoms with Gasteiger partial charge < -0.3 is 4.42 Å². The van der Waals surface area contributed by atoms with Crippen LogP contribution in [0.3, 0.4) is 0 Å². The molecule has 0 aliphatic heterocycles. The maximum absolute atomic E-state index is 12.7. The molecular weight excluding hydrogens is 500 g/mol. The van der Waals surface area contributed by atoms with E-state index >= 15 is 0 Å². The first-order valence-electron chi connectivity index (χ1n) is 10.8. The molecule has 0 unspecified atom stereocenters. The second kappa shape index (κ2) is 10.5. The Hall–Kier alpha value is -3.72. The summed E-state index contributed by atoms with van der Waals surface area (Å²) < 4.78 is 6.44. The van der Waals surface area contributed by atoms with Crippen LogP contribution in [0, 0.1) is 6.92 Å². The van der Waals surface area contributed by atoms with Crippen LogP contribution >= 0.6 is 15.9 Å². The molecule has 1 aliphatic rings. The zero-order valence-corrected chi connectivity index (χ0v) is 20.1. The number of carbonyl (C=O) groups excluding carboxylic acids is 3. The van der Waals surface area contributed by atoms with Gasteiger partial charge in [-0.3, -0.25) is 25.2 Å². The van der Waals surface area contributed by atoms with Crippen LogP contribution < -0.4 is 16.3 Å². The first-order valence-corrected chi connectivity index (χ1v) is 11.6. The van der Waals surface area contributed by atoms with Crippen molar-refractivity contribution in [2.75, 3.05) is 0 Å². The van der Waals surface area contributed by atoms with Crippen molar-refractivity contribution >= 4 is 39.4 Å². The lowest BCUT2D eigenvalue weighted by molar-refractivity contribution is -0.120. The Kier molecular flexibility index (Phi) is 7.22. The van der Waals surface area contributed by atoms with E-state index < -0.39 is 11.8 Å².